The predicted octanol–water partition coefficient (Wildman–Crippen LogP) is 6.47. The number of benzene rings is 1. The molecule has 0 atom stereocenters. The Kier molecular flexibility index (Phi) is 7.07. The molecule has 0 bridgehead atoms. The Bertz CT molecular complexity index is 521. The van der Waals surface area contributed by atoms with Crippen LogP contribution in [0, 0.1) is 6.92 Å². The lowest BCUT2D eigenvalue weighted by Crippen LogP contribution is -2.22. The van der Waals surface area contributed by atoms with Crippen LogP contribution in [0.3, 0.4) is 0 Å². The molecule has 1 rings (SSSR count). The topological polar surface area (TPSA) is 26.3 Å². The van der Waals surface area contributed by atoms with Gasteiger partial charge < -0.3 is 4.74 Å². The van der Waals surface area contributed by atoms with E-state index in [4.69, 9.17) is 4.74 Å². The van der Waals surface area contributed by atoms with Crippen LogP contribution in [-0.4, -0.2) is 5.97 Å². The zero-order chi connectivity index (χ0) is 18.5. The van der Waals surface area contributed by atoms with Crippen LogP contribution in [-0.2, 0) is 15.6 Å². The molecule has 0 saturated carbocycles. The zero-order valence-electron chi connectivity index (χ0n) is 17.0. The lowest BCUT2D eigenvalue weighted by Gasteiger charge is -2.29. The van der Waals surface area contributed by atoms with Crippen LogP contribution in [0.15, 0.2) is 12.1 Å². The van der Waals surface area contributed by atoms with E-state index < -0.39 is 0 Å². The fourth-order valence-electron chi connectivity index (χ4n) is 2.86. The molecule has 0 heterocycles. The predicted molar refractivity (Wildman–Crippen MR) is 103 cm³/mol. The Labute approximate surface area is 149 Å². The minimum absolute atomic E-state index is 0.0656. The third-order valence-corrected chi connectivity index (χ3v) is 4.30. The molecule has 0 N–H and O–H groups in total. The van der Waals surface area contributed by atoms with Crippen molar-refractivity contribution >= 4 is 5.97 Å². The molecule has 0 radical (unpaired) electrons. The first kappa shape index (κ1) is 20.7. The maximum Gasteiger partial charge on any atom is 0.311 e. The maximum absolute atomic E-state index is 12.4. The number of hydrogen-bond donors (Lipinski definition) is 0. The Hall–Kier alpha value is -1.31. The number of hydrogen-bond acceptors (Lipinski definition) is 2. The van der Waals surface area contributed by atoms with Gasteiger partial charge in [0.05, 0.1) is 0 Å². The smallest absolute Gasteiger partial charge is 0.311 e. The minimum atomic E-state index is -0.106. The molecule has 0 unspecified atom stereocenters. The second-order valence-electron chi connectivity index (χ2n) is 8.97. The maximum atomic E-state index is 12.4. The molecule has 1 aromatic carbocycles. The van der Waals surface area contributed by atoms with E-state index in [0.29, 0.717) is 6.42 Å². The highest BCUT2D eigenvalue weighted by molar-refractivity contribution is 5.74. The third-order valence-electron chi connectivity index (χ3n) is 4.30. The van der Waals surface area contributed by atoms with E-state index in [1.54, 1.807) is 0 Å². The normalized spacial score (nSPS) is 12.3. The third kappa shape index (κ3) is 5.96. The number of aryl methyl sites for hydroxylation is 1. The first-order chi connectivity index (χ1) is 11.0. The Morgan fingerprint density at radius 2 is 1.42 bits per heavy atom. The van der Waals surface area contributed by atoms with Crippen LogP contribution in [0.2, 0.25) is 0 Å². The standard InChI is InChI=1S/C22H36O2/c1-9-10-11-12-13-19(23)24-20-17(21(3,4)5)14-16(2)15-18(20)22(6,7)8/h14-15H,9-13H2,1-8H3. The highest BCUT2D eigenvalue weighted by Crippen LogP contribution is 2.40. The summed E-state index contributed by atoms with van der Waals surface area (Å²) in [6.45, 7) is 17.3. The van der Waals surface area contributed by atoms with Crippen LogP contribution < -0.4 is 4.74 Å². The number of carbonyl (C=O) groups is 1. The van der Waals surface area contributed by atoms with E-state index in [2.05, 4.69) is 67.5 Å². The summed E-state index contributed by atoms with van der Waals surface area (Å²) in [7, 11) is 0. The van der Waals surface area contributed by atoms with Crippen molar-refractivity contribution in [2.24, 2.45) is 0 Å². The van der Waals surface area contributed by atoms with Crippen molar-refractivity contribution in [3.05, 3.63) is 28.8 Å². The fraction of sp³-hybridized carbons (Fsp3) is 0.682. The highest BCUT2D eigenvalue weighted by Gasteiger charge is 2.28. The van der Waals surface area contributed by atoms with Crippen molar-refractivity contribution in [2.45, 2.75) is 98.3 Å². The van der Waals surface area contributed by atoms with E-state index in [-0.39, 0.29) is 16.8 Å². The van der Waals surface area contributed by atoms with Gasteiger partial charge in [0, 0.05) is 17.5 Å². The highest BCUT2D eigenvalue weighted by atomic mass is 16.5. The largest absolute Gasteiger partial charge is 0.426 e. The Balaban J connectivity index is 3.16. The molecule has 0 fully saturated rings. The van der Waals surface area contributed by atoms with Crippen LogP contribution in [0.1, 0.15) is 97.3 Å². The zero-order valence-corrected chi connectivity index (χ0v) is 17.0. The van der Waals surface area contributed by atoms with Gasteiger partial charge in [0.25, 0.3) is 0 Å². The van der Waals surface area contributed by atoms with E-state index in [1.165, 1.54) is 18.4 Å². The summed E-state index contributed by atoms with van der Waals surface area (Å²) < 4.78 is 5.93. The quantitative estimate of drug-likeness (QED) is 0.339. The summed E-state index contributed by atoms with van der Waals surface area (Å²) in [6.07, 6.45) is 4.86. The van der Waals surface area contributed by atoms with E-state index in [9.17, 15) is 4.79 Å². The average molecular weight is 333 g/mol. The summed E-state index contributed by atoms with van der Waals surface area (Å²) >= 11 is 0. The molecule has 0 amide bonds. The number of unbranched alkanes of at least 4 members (excludes halogenated alkanes) is 3. The van der Waals surface area contributed by atoms with Gasteiger partial charge in [-0.3, -0.25) is 4.79 Å². The molecule has 136 valence electrons. The van der Waals surface area contributed by atoms with Gasteiger partial charge in [0.1, 0.15) is 5.75 Å². The Morgan fingerprint density at radius 3 is 1.83 bits per heavy atom. The lowest BCUT2D eigenvalue weighted by atomic mass is 9.78. The van der Waals surface area contributed by atoms with Crippen molar-refractivity contribution in [3.63, 3.8) is 0 Å². The second-order valence-corrected chi connectivity index (χ2v) is 8.97. The molecule has 0 spiro atoms. The number of carbonyl (C=O) groups excluding carboxylic acids is 1. The first-order valence-corrected chi connectivity index (χ1v) is 9.33. The van der Waals surface area contributed by atoms with Crippen LogP contribution in [0.25, 0.3) is 0 Å². The van der Waals surface area contributed by atoms with Gasteiger partial charge in [0.15, 0.2) is 0 Å². The molecule has 2 heteroatoms. The number of rotatable bonds is 6. The molecule has 24 heavy (non-hydrogen) atoms. The van der Waals surface area contributed by atoms with E-state index in [0.717, 1.165) is 29.7 Å². The summed E-state index contributed by atoms with van der Waals surface area (Å²) in [5.74, 6) is 0.673. The van der Waals surface area contributed by atoms with Crippen LogP contribution >= 0.6 is 0 Å². The van der Waals surface area contributed by atoms with E-state index >= 15 is 0 Å². The minimum Gasteiger partial charge on any atom is -0.426 e. The van der Waals surface area contributed by atoms with Gasteiger partial charge in [-0.2, -0.15) is 0 Å². The van der Waals surface area contributed by atoms with Gasteiger partial charge in [-0.05, 0) is 24.2 Å². The first-order valence-electron chi connectivity index (χ1n) is 9.33. The summed E-state index contributed by atoms with van der Waals surface area (Å²) in [6, 6.07) is 4.32. The SMILES string of the molecule is CCCCCCC(=O)Oc1c(C(C)(C)C)cc(C)cc1C(C)(C)C. The van der Waals surface area contributed by atoms with Crippen molar-refractivity contribution in [2.75, 3.05) is 0 Å². The summed E-state index contributed by atoms with van der Waals surface area (Å²) in [5.41, 5.74) is 3.32. The molecular weight excluding hydrogens is 296 g/mol. The monoisotopic (exact) mass is 332 g/mol. The fourth-order valence-corrected chi connectivity index (χ4v) is 2.86. The van der Waals surface area contributed by atoms with Gasteiger partial charge in [-0.15, -0.1) is 0 Å². The van der Waals surface area contributed by atoms with Crippen molar-refractivity contribution in [3.8, 4) is 5.75 Å². The van der Waals surface area contributed by atoms with Crippen LogP contribution in [0.5, 0.6) is 5.75 Å². The van der Waals surface area contributed by atoms with Crippen LogP contribution in [0.4, 0.5) is 0 Å². The molecule has 2 nitrogen and oxygen atoms in total. The molecule has 0 aromatic heterocycles. The second kappa shape index (κ2) is 8.18. The van der Waals surface area contributed by atoms with Gasteiger partial charge >= 0.3 is 5.97 Å². The molecule has 1 aromatic rings. The molecule has 0 saturated heterocycles. The summed E-state index contributed by atoms with van der Waals surface area (Å²) in [5, 5.41) is 0. The van der Waals surface area contributed by atoms with Crippen molar-refractivity contribution < 1.29 is 9.53 Å². The van der Waals surface area contributed by atoms with E-state index in [1.807, 2.05) is 0 Å². The summed E-state index contributed by atoms with van der Waals surface area (Å²) in [4.78, 5) is 12.4. The van der Waals surface area contributed by atoms with Gasteiger partial charge in [-0.25, -0.2) is 0 Å². The lowest BCUT2D eigenvalue weighted by molar-refractivity contribution is -0.134. The average Bonchev–Trinajstić information content (AvgIpc) is 2.43. The van der Waals surface area contributed by atoms with Crippen molar-refractivity contribution in [1.82, 2.24) is 0 Å². The molecule has 0 aliphatic heterocycles. The molecule has 0 aliphatic carbocycles. The van der Waals surface area contributed by atoms with Crippen molar-refractivity contribution in [1.29, 1.82) is 0 Å². The Morgan fingerprint density at radius 1 is 0.917 bits per heavy atom. The molecule has 0 aliphatic rings. The molecular formula is C22H36O2. The number of ether oxygens (including phenoxy) is 1. The van der Waals surface area contributed by atoms with Gasteiger partial charge in [-0.1, -0.05) is 85.4 Å². The van der Waals surface area contributed by atoms with Gasteiger partial charge in [0.2, 0.25) is 0 Å². The number of esters is 1.